The van der Waals surface area contributed by atoms with Gasteiger partial charge in [0.05, 0.1) is 0 Å². The van der Waals surface area contributed by atoms with Crippen molar-refractivity contribution in [3.63, 3.8) is 0 Å². The molecule has 0 saturated carbocycles. The lowest BCUT2D eigenvalue weighted by molar-refractivity contribution is 0.424. The summed E-state index contributed by atoms with van der Waals surface area (Å²) in [6, 6.07) is 14.4. The Morgan fingerprint density at radius 2 is 1.24 bits per heavy atom. The van der Waals surface area contributed by atoms with Crippen LogP contribution in [-0.2, 0) is 0 Å². The smallest absolute Gasteiger partial charge is 0.423 e. The van der Waals surface area contributed by atoms with Crippen molar-refractivity contribution in [1.82, 2.24) is 0 Å². The van der Waals surface area contributed by atoms with Gasteiger partial charge in [0.2, 0.25) is 0 Å². The van der Waals surface area contributed by atoms with Crippen LogP contribution in [0.2, 0.25) is 0 Å². The van der Waals surface area contributed by atoms with Crippen LogP contribution < -0.4 is 5.46 Å². The lowest BCUT2D eigenvalue weighted by Gasteiger charge is -2.21. The van der Waals surface area contributed by atoms with Crippen molar-refractivity contribution in [2.75, 3.05) is 0 Å². The summed E-state index contributed by atoms with van der Waals surface area (Å²) in [4.78, 5) is 0. The summed E-state index contributed by atoms with van der Waals surface area (Å²) in [6.45, 7) is 8.33. The van der Waals surface area contributed by atoms with Crippen LogP contribution >= 0.6 is 0 Å². The molecule has 0 amide bonds. The maximum absolute atomic E-state index is 9.80. The van der Waals surface area contributed by atoms with Crippen LogP contribution in [0.4, 0.5) is 0 Å². The van der Waals surface area contributed by atoms with Crippen molar-refractivity contribution >= 4 is 12.6 Å². The fourth-order valence-corrected chi connectivity index (χ4v) is 2.75. The van der Waals surface area contributed by atoms with E-state index in [4.69, 9.17) is 0 Å². The molecule has 0 aromatic heterocycles. The topological polar surface area (TPSA) is 40.5 Å². The van der Waals surface area contributed by atoms with Gasteiger partial charge in [0, 0.05) is 0 Å². The predicted octanol–water partition coefficient (Wildman–Crippen LogP) is 3.28. The van der Waals surface area contributed by atoms with Gasteiger partial charge in [-0.3, -0.25) is 0 Å². The highest BCUT2D eigenvalue weighted by Crippen LogP contribution is 2.28. The largest absolute Gasteiger partial charge is 0.489 e. The minimum atomic E-state index is -1.43. The number of hydrogen-bond acceptors (Lipinski definition) is 2. The van der Waals surface area contributed by atoms with E-state index in [9.17, 15) is 10.0 Å². The van der Waals surface area contributed by atoms with Gasteiger partial charge in [0.1, 0.15) is 0 Å². The molecule has 0 unspecified atom stereocenters. The Kier molecular flexibility index (Phi) is 4.86. The second-order valence-corrected chi connectivity index (χ2v) is 6.12. The van der Waals surface area contributed by atoms with E-state index in [-0.39, 0.29) is 11.8 Å². The fraction of sp³-hybridized carbons (Fsp3) is 0.333. The first-order valence-electron chi connectivity index (χ1n) is 7.51. The zero-order valence-corrected chi connectivity index (χ0v) is 13.2. The van der Waals surface area contributed by atoms with E-state index in [0.717, 1.165) is 22.3 Å². The van der Waals surface area contributed by atoms with Gasteiger partial charge < -0.3 is 10.0 Å². The van der Waals surface area contributed by atoms with E-state index in [0.29, 0.717) is 5.46 Å². The first-order valence-corrected chi connectivity index (χ1v) is 7.51. The number of hydrogen-bond donors (Lipinski definition) is 2. The molecule has 0 heterocycles. The SMILES string of the molecule is CC(C)c1cc(-c2ccccc2)cc(C(C)C)c1B(O)O. The third-order valence-electron chi connectivity index (χ3n) is 3.85. The van der Waals surface area contributed by atoms with Crippen LogP contribution in [0.5, 0.6) is 0 Å². The van der Waals surface area contributed by atoms with Gasteiger partial charge in [0.25, 0.3) is 0 Å². The molecule has 0 aliphatic heterocycles. The molecule has 3 heteroatoms. The molecule has 0 aliphatic carbocycles. The van der Waals surface area contributed by atoms with E-state index in [1.165, 1.54) is 0 Å². The first kappa shape index (κ1) is 15.8. The molecule has 0 fully saturated rings. The lowest BCUT2D eigenvalue weighted by atomic mass is 9.68. The third kappa shape index (κ3) is 3.37. The van der Waals surface area contributed by atoms with E-state index < -0.39 is 7.12 Å². The van der Waals surface area contributed by atoms with Crippen LogP contribution in [0.1, 0.15) is 50.7 Å². The molecule has 2 N–H and O–H groups in total. The van der Waals surface area contributed by atoms with Crippen LogP contribution in [0.3, 0.4) is 0 Å². The van der Waals surface area contributed by atoms with Crippen LogP contribution in [0.15, 0.2) is 42.5 Å². The second-order valence-electron chi connectivity index (χ2n) is 6.12. The Morgan fingerprint density at radius 3 is 1.62 bits per heavy atom. The van der Waals surface area contributed by atoms with Gasteiger partial charge >= 0.3 is 7.12 Å². The molecule has 2 aromatic rings. The normalized spacial score (nSPS) is 11.2. The predicted molar refractivity (Wildman–Crippen MR) is 89.9 cm³/mol. The lowest BCUT2D eigenvalue weighted by Crippen LogP contribution is -2.37. The molecule has 2 rings (SSSR count). The standard InChI is InChI=1S/C18H23BO2/c1-12(2)16-10-15(14-8-6-5-7-9-14)11-17(13(3)4)18(16)19(20)21/h5-13,20-21H,1-4H3. The van der Waals surface area contributed by atoms with Gasteiger partial charge in [0.15, 0.2) is 0 Å². The maximum Gasteiger partial charge on any atom is 0.489 e. The average molecular weight is 282 g/mol. The van der Waals surface area contributed by atoms with E-state index in [1.807, 2.05) is 18.2 Å². The summed E-state index contributed by atoms with van der Waals surface area (Å²) < 4.78 is 0. The molecule has 0 saturated heterocycles. The van der Waals surface area contributed by atoms with Crippen molar-refractivity contribution in [2.45, 2.75) is 39.5 Å². The Balaban J connectivity index is 2.71. The summed E-state index contributed by atoms with van der Waals surface area (Å²) >= 11 is 0. The van der Waals surface area contributed by atoms with Crippen molar-refractivity contribution in [1.29, 1.82) is 0 Å². The van der Waals surface area contributed by atoms with Gasteiger partial charge in [-0.05, 0) is 39.6 Å². The monoisotopic (exact) mass is 282 g/mol. The Morgan fingerprint density at radius 1 is 0.762 bits per heavy atom. The Bertz CT molecular complexity index is 575. The molecule has 2 aromatic carbocycles. The van der Waals surface area contributed by atoms with E-state index >= 15 is 0 Å². The average Bonchev–Trinajstić information content (AvgIpc) is 2.46. The minimum absolute atomic E-state index is 0.239. The molecule has 0 bridgehead atoms. The summed E-state index contributed by atoms with van der Waals surface area (Å²) in [7, 11) is -1.43. The van der Waals surface area contributed by atoms with Crippen LogP contribution in [0.25, 0.3) is 11.1 Å². The Labute approximate surface area is 127 Å². The molecule has 0 radical (unpaired) electrons. The van der Waals surface area contributed by atoms with Crippen LogP contribution in [0, 0.1) is 0 Å². The van der Waals surface area contributed by atoms with Gasteiger partial charge in [-0.25, -0.2) is 0 Å². The van der Waals surface area contributed by atoms with Crippen molar-refractivity contribution in [3.8, 4) is 11.1 Å². The zero-order valence-electron chi connectivity index (χ0n) is 13.2. The molecule has 0 atom stereocenters. The summed E-state index contributed by atoms with van der Waals surface area (Å²) in [5, 5.41) is 19.6. The van der Waals surface area contributed by atoms with Gasteiger partial charge in [-0.1, -0.05) is 70.2 Å². The minimum Gasteiger partial charge on any atom is -0.423 e. The van der Waals surface area contributed by atoms with Gasteiger partial charge in [-0.2, -0.15) is 0 Å². The molecule has 0 spiro atoms. The number of benzene rings is 2. The van der Waals surface area contributed by atoms with Crippen molar-refractivity contribution in [2.24, 2.45) is 0 Å². The van der Waals surface area contributed by atoms with Crippen molar-refractivity contribution < 1.29 is 10.0 Å². The molecule has 21 heavy (non-hydrogen) atoms. The second kappa shape index (κ2) is 6.46. The fourth-order valence-electron chi connectivity index (χ4n) is 2.75. The molecular weight excluding hydrogens is 259 g/mol. The first-order chi connectivity index (χ1) is 9.91. The molecule has 110 valence electrons. The zero-order chi connectivity index (χ0) is 15.6. The molecular formula is C18H23BO2. The molecule has 0 aliphatic rings. The Hall–Kier alpha value is -1.58. The highest BCUT2D eigenvalue weighted by molar-refractivity contribution is 6.60. The number of rotatable bonds is 4. The summed E-state index contributed by atoms with van der Waals surface area (Å²) in [5.74, 6) is 0.478. The van der Waals surface area contributed by atoms with Gasteiger partial charge in [-0.15, -0.1) is 0 Å². The van der Waals surface area contributed by atoms with Crippen LogP contribution in [-0.4, -0.2) is 17.2 Å². The third-order valence-corrected chi connectivity index (χ3v) is 3.85. The molecule has 2 nitrogen and oxygen atoms in total. The summed E-state index contributed by atoms with van der Waals surface area (Å²) in [5.41, 5.74) is 4.97. The van der Waals surface area contributed by atoms with E-state index in [2.05, 4.69) is 52.0 Å². The maximum atomic E-state index is 9.80. The van der Waals surface area contributed by atoms with Crippen molar-refractivity contribution in [3.05, 3.63) is 53.6 Å². The summed E-state index contributed by atoms with van der Waals surface area (Å²) in [6.07, 6.45) is 0. The highest BCUT2D eigenvalue weighted by atomic mass is 16.4. The quantitative estimate of drug-likeness (QED) is 0.845. The van der Waals surface area contributed by atoms with E-state index in [1.54, 1.807) is 0 Å². The highest BCUT2D eigenvalue weighted by Gasteiger charge is 2.24.